The fourth-order valence-corrected chi connectivity index (χ4v) is 5.52. The lowest BCUT2D eigenvalue weighted by atomic mass is 9.99. The molecule has 232 valence electrons. The van der Waals surface area contributed by atoms with Gasteiger partial charge < -0.3 is 18.9 Å². The van der Waals surface area contributed by atoms with Gasteiger partial charge in [0.2, 0.25) is 0 Å². The van der Waals surface area contributed by atoms with Gasteiger partial charge in [0, 0.05) is 0 Å². The topological polar surface area (TPSA) is 132 Å². The number of carbonyl (C=O) groups is 3. The Kier molecular flexibility index (Phi) is 10.0. The molecule has 4 aromatic carbocycles. The second-order valence-corrected chi connectivity index (χ2v) is 11.8. The van der Waals surface area contributed by atoms with Crippen molar-refractivity contribution < 1.29 is 45.9 Å². The summed E-state index contributed by atoms with van der Waals surface area (Å²) in [5.74, 6) is -2.31. The molecule has 10 nitrogen and oxygen atoms in total. The van der Waals surface area contributed by atoms with E-state index in [1.54, 1.807) is 78.9 Å². The second-order valence-electron chi connectivity index (χ2n) is 10.2. The van der Waals surface area contributed by atoms with Crippen LogP contribution >= 0.6 is 0 Å². The number of rotatable bonds is 10. The molecule has 0 N–H and O–H groups in total. The predicted octanol–water partition coefficient (Wildman–Crippen LogP) is 4.78. The first-order valence-electron chi connectivity index (χ1n) is 14.1. The maximum atomic E-state index is 13.3. The van der Waals surface area contributed by atoms with E-state index in [0.29, 0.717) is 0 Å². The zero-order valence-electron chi connectivity index (χ0n) is 24.2. The van der Waals surface area contributed by atoms with Crippen LogP contribution in [0.5, 0.6) is 0 Å². The Morgan fingerprint density at radius 1 is 0.644 bits per heavy atom. The highest BCUT2D eigenvalue weighted by Crippen LogP contribution is 2.28. The Labute approximate surface area is 260 Å². The van der Waals surface area contributed by atoms with E-state index in [4.69, 9.17) is 23.1 Å². The van der Waals surface area contributed by atoms with Crippen LogP contribution in [0.1, 0.15) is 36.6 Å². The third-order valence-corrected chi connectivity index (χ3v) is 8.30. The minimum Gasteiger partial charge on any atom is -0.452 e. The molecule has 1 fully saturated rings. The van der Waals surface area contributed by atoms with Crippen LogP contribution in [0.25, 0.3) is 0 Å². The molecule has 11 heteroatoms. The summed E-state index contributed by atoms with van der Waals surface area (Å²) in [6.07, 6.45) is -5.31. The highest BCUT2D eigenvalue weighted by atomic mass is 32.2. The molecule has 1 heterocycles. The number of carbonyl (C=O) groups excluding carboxylic acids is 3. The maximum absolute atomic E-state index is 13.3. The van der Waals surface area contributed by atoms with Gasteiger partial charge in [-0.15, -0.1) is 0 Å². The van der Waals surface area contributed by atoms with E-state index < -0.39 is 59.0 Å². The van der Waals surface area contributed by atoms with Crippen LogP contribution in [0, 0.1) is 6.92 Å². The summed E-state index contributed by atoms with van der Waals surface area (Å²) < 4.78 is 54.7. The molecule has 1 saturated heterocycles. The summed E-state index contributed by atoms with van der Waals surface area (Å²) in [5.41, 5.74) is 1.47. The minimum absolute atomic E-state index is 0.0801. The van der Waals surface area contributed by atoms with Crippen LogP contribution in [0.15, 0.2) is 120 Å². The summed E-state index contributed by atoms with van der Waals surface area (Å²) in [7, 11) is -4.25. The van der Waals surface area contributed by atoms with Crippen LogP contribution in [-0.2, 0) is 33.2 Å². The van der Waals surface area contributed by atoms with Crippen molar-refractivity contribution in [3.63, 3.8) is 0 Å². The zero-order valence-corrected chi connectivity index (χ0v) is 25.0. The first-order chi connectivity index (χ1) is 21.7. The van der Waals surface area contributed by atoms with E-state index in [-0.39, 0.29) is 28.2 Å². The van der Waals surface area contributed by atoms with Gasteiger partial charge in [-0.3, -0.25) is 4.18 Å². The van der Waals surface area contributed by atoms with Gasteiger partial charge in [0.25, 0.3) is 10.1 Å². The predicted molar refractivity (Wildman–Crippen MR) is 161 cm³/mol. The van der Waals surface area contributed by atoms with Crippen molar-refractivity contribution in [3.8, 4) is 0 Å². The van der Waals surface area contributed by atoms with Gasteiger partial charge in [-0.05, 0) is 55.5 Å². The molecule has 5 rings (SSSR count). The number of benzene rings is 4. The van der Waals surface area contributed by atoms with Crippen LogP contribution in [0.2, 0.25) is 0 Å². The molecule has 0 aromatic heterocycles. The molecular formula is C34H30O10S. The number of ether oxygens (including phenoxy) is 4. The second kappa shape index (κ2) is 14.3. The summed E-state index contributed by atoms with van der Waals surface area (Å²) in [5, 5.41) is 0. The van der Waals surface area contributed by atoms with Gasteiger partial charge in [0.1, 0.15) is 6.10 Å². The van der Waals surface area contributed by atoms with Crippen molar-refractivity contribution in [1.29, 1.82) is 0 Å². The third-order valence-electron chi connectivity index (χ3n) is 7.00. The van der Waals surface area contributed by atoms with E-state index in [0.717, 1.165) is 5.56 Å². The van der Waals surface area contributed by atoms with E-state index in [1.165, 1.54) is 36.4 Å². The van der Waals surface area contributed by atoms with Gasteiger partial charge in [-0.1, -0.05) is 72.3 Å². The van der Waals surface area contributed by atoms with Crippen molar-refractivity contribution in [3.05, 3.63) is 138 Å². The lowest BCUT2D eigenvalue weighted by molar-refractivity contribution is -0.195. The molecule has 0 spiro atoms. The molecule has 0 radical (unpaired) electrons. The fraction of sp³-hybridized carbons (Fsp3) is 0.206. The fourth-order valence-electron chi connectivity index (χ4n) is 4.60. The van der Waals surface area contributed by atoms with Gasteiger partial charge in [0.05, 0.1) is 34.8 Å². The standard InChI is InChI=1S/C34H30O10S/c1-23-17-19-27(20-18-23)45(38,39)41-22-28-30(43-33(36)25-13-7-3-8-14-25)31(44-34(37)26-15-9-4-10-16-26)29(21-40-28)42-32(35)24-11-5-2-6-12-24/h2-20,28-31H,21-22H2,1H3/t28-,29-,30-,31+/m0/s1. The summed E-state index contributed by atoms with van der Waals surface area (Å²) in [4.78, 5) is 39.5. The molecule has 0 amide bonds. The number of hydrogen-bond donors (Lipinski definition) is 0. The summed E-state index contributed by atoms with van der Waals surface area (Å²) in [6, 6.07) is 30.4. The Morgan fingerprint density at radius 3 is 1.58 bits per heavy atom. The Hall–Kier alpha value is -4.84. The lowest BCUT2D eigenvalue weighted by Crippen LogP contribution is -2.59. The molecule has 0 bridgehead atoms. The van der Waals surface area contributed by atoms with Crippen LogP contribution in [0.3, 0.4) is 0 Å². The average Bonchev–Trinajstić information content (AvgIpc) is 3.07. The summed E-state index contributed by atoms with van der Waals surface area (Å²) in [6.45, 7) is 0.904. The Balaban J connectivity index is 1.46. The molecular weight excluding hydrogens is 600 g/mol. The van der Waals surface area contributed by atoms with E-state index in [1.807, 2.05) is 6.92 Å². The lowest BCUT2D eigenvalue weighted by Gasteiger charge is -2.40. The quantitative estimate of drug-likeness (QED) is 0.137. The molecule has 0 aliphatic carbocycles. The van der Waals surface area contributed by atoms with Gasteiger partial charge >= 0.3 is 17.9 Å². The Bertz CT molecular complexity index is 1710. The number of esters is 3. The van der Waals surface area contributed by atoms with Crippen LogP contribution in [0.4, 0.5) is 0 Å². The van der Waals surface area contributed by atoms with Crippen LogP contribution < -0.4 is 0 Å². The van der Waals surface area contributed by atoms with Crippen LogP contribution in [-0.4, -0.2) is 64.0 Å². The van der Waals surface area contributed by atoms with E-state index >= 15 is 0 Å². The largest absolute Gasteiger partial charge is 0.452 e. The monoisotopic (exact) mass is 630 g/mol. The number of aryl methyl sites for hydroxylation is 1. The van der Waals surface area contributed by atoms with Crippen molar-refractivity contribution in [2.75, 3.05) is 13.2 Å². The molecule has 0 saturated carbocycles. The van der Waals surface area contributed by atoms with Crippen molar-refractivity contribution in [1.82, 2.24) is 0 Å². The van der Waals surface area contributed by atoms with Gasteiger partial charge in [-0.2, -0.15) is 8.42 Å². The zero-order chi connectivity index (χ0) is 31.8. The molecule has 1 aliphatic heterocycles. The first-order valence-corrected chi connectivity index (χ1v) is 15.5. The molecule has 45 heavy (non-hydrogen) atoms. The first kappa shape index (κ1) is 31.6. The van der Waals surface area contributed by atoms with Crippen molar-refractivity contribution in [2.45, 2.75) is 36.2 Å². The highest BCUT2D eigenvalue weighted by Gasteiger charge is 2.48. The van der Waals surface area contributed by atoms with E-state index in [9.17, 15) is 22.8 Å². The molecule has 4 aromatic rings. The molecule has 4 atom stereocenters. The minimum atomic E-state index is -4.25. The smallest absolute Gasteiger partial charge is 0.338 e. The average molecular weight is 631 g/mol. The number of hydrogen-bond acceptors (Lipinski definition) is 10. The Morgan fingerprint density at radius 2 is 1.09 bits per heavy atom. The summed E-state index contributed by atoms with van der Waals surface area (Å²) >= 11 is 0. The van der Waals surface area contributed by atoms with Crippen molar-refractivity contribution >= 4 is 28.0 Å². The molecule has 0 unspecified atom stereocenters. The van der Waals surface area contributed by atoms with Crippen molar-refractivity contribution in [2.24, 2.45) is 0 Å². The molecule has 1 aliphatic rings. The van der Waals surface area contributed by atoms with Gasteiger partial charge in [-0.25, -0.2) is 14.4 Å². The third kappa shape index (κ3) is 8.01. The maximum Gasteiger partial charge on any atom is 0.338 e. The van der Waals surface area contributed by atoms with E-state index in [2.05, 4.69) is 0 Å². The normalized spacial score (nSPS) is 19.7. The SMILES string of the molecule is Cc1ccc(S(=O)(=O)OC[C@@H]2OC[C@H](OC(=O)c3ccccc3)[C@@H](OC(=O)c3ccccc3)[C@H]2OC(=O)c2ccccc2)cc1. The van der Waals surface area contributed by atoms with Gasteiger partial charge in [0.15, 0.2) is 18.3 Å². The highest BCUT2D eigenvalue weighted by molar-refractivity contribution is 7.86.